The van der Waals surface area contributed by atoms with Gasteiger partial charge in [-0.1, -0.05) is 19.9 Å². The predicted molar refractivity (Wildman–Crippen MR) is 49.3 cm³/mol. The quantitative estimate of drug-likeness (QED) is 0.559. The Hall–Kier alpha value is -0.460. The molecule has 1 heteroatoms. The molecule has 0 amide bonds. The first kappa shape index (κ1) is 8.63. The van der Waals surface area contributed by atoms with Gasteiger partial charge >= 0.3 is 0 Å². The molecule has 2 unspecified atom stereocenters. The predicted octanol–water partition coefficient (Wildman–Crippen LogP) is 2.50. The highest BCUT2D eigenvalue weighted by molar-refractivity contribution is 5.06. The fourth-order valence-electron chi connectivity index (χ4n) is 1.56. The molecular formula is C10H19N. The molecule has 0 N–H and O–H groups in total. The smallest absolute Gasteiger partial charge is 0.00898 e. The second kappa shape index (κ2) is 3.29. The lowest BCUT2D eigenvalue weighted by Gasteiger charge is -2.28. The molecular weight excluding hydrogens is 134 g/mol. The molecule has 0 radical (unpaired) electrons. The topological polar surface area (TPSA) is 3.24 Å². The number of hydrogen-bond donors (Lipinski definition) is 0. The zero-order valence-electron chi connectivity index (χ0n) is 8.09. The summed E-state index contributed by atoms with van der Waals surface area (Å²) in [4.78, 5) is 2.24. The van der Waals surface area contributed by atoms with Crippen LogP contribution in [0.4, 0.5) is 0 Å². The minimum absolute atomic E-state index is 0.765. The molecule has 0 spiro atoms. The Balaban J connectivity index is 2.63. The van der Waals surface area contributed by atoms with E-state index in [9.17, 15) is 0 Å². The minimum Gasteiger partial charge on any atom is -0.381 e. The van der Waals surface area contributed by atoms with Crippen LogP contribution in [0.5, 0.6) is 0 Å². The van der Waals surface area contributed by atoms with E-state index in [1.54, 1.807) is 0 Å². The second-order valence-corrected chi connectivity index (χ2v) is 3.93. The Morgan fingerprint density at radius 2 is 2.00 bits per heavy atom. The molecule has 0 heterocycles. The summed E-state index contributed by atoms with van der Waals surface area (Å²) < 4.78 is 0. The van der Waals surface area contributed by atoms with Gasteiger partial charge < -0.3 is 4.90 Å². The first-order valence-electron chi connectivity index (χ1n) is 4.49. The van der Waals surface area contributed by atoms with Crippen LogP contribution in [0.1, 0.15) is 26.7 Å². The summed E-state index contributed by atoms with van der Waals surface area (Å²) in [5, 5.41) is 0. The van der Waals surface area contributed by atoms with Crippen LogP contribution in [0.15, 0.2) is 11.8 Å². The van der Waals surface area contributed by atoms with E-state index in [2.05, 4.69) is 38.9 Å². The Bertz CT molecular complexity index is 158. The summed E-state index contributed by atoms with van der Waals surface area (Å²) in [6.45, 7) is 4.65. The van der Waals surface area contributed by atoms with Crippen molar-refractivity contribution in [3.63, 3.8) is 0 Å². The number of rotatable bonds is 1. The van der Waals surface area contributed by atoms with E-state index >= 15 is 0 Å². The number of hydrogen-bond acceptors (Lipinski definition) is 1. The van der Waals surface area contributed by atoms with Crippen molar-refractivity contribution in [2.24, 2.45) is 11.8 Å². The van der Waals surface area contributed by atoms with Crippen molar-refractivity contribution in [3.8, 4) is 0 Å². The lowest BCUT2D eigenvalue weighted by atomic mass is 9.85. The summed E-state index contributed by atoms with van der Waals surface area (Å²) in [6, 6.07) is 0. The Kier molecular flexibility index (Phi) is 2.58. The molecule has 0 fully saturated rings. The van der Waals surface area contributed by atoms with Crippen LogP contribution in [0, 0.1) is 11.8 Å². The summed E-state index contributed by atoms with van der Waals surface area (Å²) in [7, 11) is 4.27. The van der Waals surface area contributed by atoms with Crippen molar-refractivity contribution in [2.45, 2.75) is 26.7 Å². The van der Waals surface area contributed by atoms with Gasteiger partial charge in [-0.15, -0.1) is 0 Å². The molecule has 2 atom stereocenters. The van der Waals surface area contributed by atoms with Crippen molar-refractivity contribution in [2.75, 3.05) is 14.1 Å². The van der Waals surface area contributed by atoms with Gasteiger partial charge in [0.25, 0.3) is 0 Å². The third-order valence-electron chi connectivity index (χ3n) is 2.78. The normalized spacial score (nSPS) is 31.5. The molecule has 0 aromatic carbocycles. The molecule has 0 aliphatic heterocycles. The molecule has 1 aliphatic carbocycles. The molecule has 1 nitrogen and oxygen atoms in total. The molecule has 0 bridgehead atoms. The van der Waals surface area contributed by atoms with Gasteiger partial charge in [-0.3, -0.25) is 0 Å². The highest BCUT2D eigenvalue weighted by Crippen LogP contribution is 2.28. The first-order chi connectivity index (χ1) is 5.11. The lowest BCUT2D eigenvalue weighted by molar-refractivity contribution is 0.357. The SMILES string of the molecule is CC1C=C(N(C)C)CCC1C. The van der Waals surface area contributed by atoms with E-state index in [0.717, 1.165) is 11.8 Å². The van der Waals surface area contributed by atoms with Gasteiger partial charge in [0.05, 0.1) is 0 Å². The summed E-state index contributed by atoms with van der Waals surface area (Å²) in [5.74, 6) is 1.64. The zero-order valence-corrected chi connectivity index (χ0v) is 8.09. The van der Waals surface area contributed by atoms with E-state index in [-0.39, 0.29) is 0 Å². The Labute approximate surface area is 70.1 Å². The molecule has 1 rings (SSSR count). The average Bonchev–Trinajstić information content (AvgIpc) is 1.94. The number of allylic oxidation sites excluding steroid dienone is 2. The highest BCUT2D eigenvalue weighted by atomic mass is 15.1. The van der Waals surface area contributed by atoms with Gasteiger partial charge in [0, 0.05) is 19.8 Å². The van der Waals surface area contributed by atoms with Crippen LogP contribution in [-0.4, -0.2) is 19.0 Å². The molecule has 1 aliphatic rings. The van der Waals surface area contributed by atoms with E-state index in [0.29, 0.717) is 0 Å². The fourth-order valence-corrected chi connectivity index (χ4v) is 1.56. The summed E-state index contributed by atoms with van der Waals surface area (Å²) >= 11 is 0. The van der Waals surface area contributed by atoms with Crippen LogP contribution in [0.25, 0.3) is 0 Å². The highest BCUT2D eigenvalue weighted by Gasteiger charge is 2.17. The van der Waals surface area contributed by atoms with Crippen LogP contribution in [-0.2, 0) is 0 Å². The number of nitrogens with zero attached hydrogens (tertiary/aromatic N) is 1. The maximum absolute atomic E-state index is 2.41. The largest absolute Gasteiger partial charge is 0.381 e. The van der Waals surface area contributed by atoms with E-state index in [4.69, 9.17) is 0 Å². The van der Waals surface area contributed by atoms with Gasteiger partial charge in [-0.05, 0) is 24.7 Å². The van der Waals surface area contributed by atoms with Crippen molar-refractivity contribution >= 4 is 0 Å². The van der Waals surface area contributed by atoms with Crippen LogP contribution in [0.2, 0.25) is 0 Å². The monoisotopic (exact) mass is 153 g/mol. The van der Waals surface area contributed by atoms with Crippen molar-refractivity contribution < 1.29 is 0 Å². The van der Waals surface area contributed by atoms with Crippen molar-refractivity contribution in [1.82, 2.24) is 4.90 Å². The molecule has 64 valence electrons. The van der Waals surface area contributed by atoms with Crippen molar-refractivity contribution in [1.29, 1.82) is 0 Å². The minimum atomic E-state index is 0.765. The maximum atomic E-state index is 2.41. The Morgan fingerprint density at radius 1 is 1.36 bits per heavy atom. The molecule has 0 aromatic rings. The van der Waals surface area contributed by atoms with Gasteiger partial charge in [0.2, 0.25) is 0 Å². The van der Waals surface area contributed by atoms with Gasteiger partial charge in [-0.25, -0.2) is 0 Å². The molecule has 0 saturated carbocycles. The van der Waals surface area contributed by atoms with E-state index < -0.39 is 0 Å². The van der Waals surface area contributed by atoms with Crippen molar-refractivity contribution in [3.05, 3.63) is 11.8 Å². The van der Waals surface area contributed by atoms with E-state index in [1.165, 1.54) is 18.5 Å². The average molecular weight is 153 g/mol. The summed E-state index contributed by atoms with van der Waals surface area (Å²) in [6.07, 6.45) is 5.03. The molecule has 0 saturated heterocycles. The van der Waals surface area contributed by atoms with Crippen LogP contribution < -0.4 is 0 Å². The standard InChI is InChI=1S/C10H19N/c1-8-5-6-10(11(3)4)7-9(8)2/h7-9H,5-6H2,1-4H3. The van der Waals surface area contributed by atoms with Crippen LogP contribution >= 0.6 is 0 Å². The maximum Gasteiger partial charge on any atom is 0.00898 e. The summed E-state index contributed by atoms with van der Waals surface area (Å²) in [5.41, 5.74) is 1.51. The third kappa shape index (κ3) is 1.98. The third-order valence-corrected chi connectivity index (χ3v) is 2.78. The zero-order chi connectivity index (χ0) is 8.43. The second-order valence-electron chi connectivity index (χ2n) is 3.93. The lowest BCUT2D eigenvalue weighted by Crippen LogP contribution is -2.19. The van der Waals surface area contributed by atoms with Gasteiger partial charge in [0.15, 0.2) is 0 Å². The Morgan fingerprint density at radius 3 is 2.45 bits per heavy atom. The van der Waals surface area contributed by atoms with Gasteiger partial charge in [-0.2, -0.15) is 0 Å². The first-order valence-corrected chi connectivity index (χ1v) is 4.49. The fraction of sp³-hybridized carbons (Fsp3) is 0.800. The molecule has 11 heavy (non-hydrogen) atoms. The molecule has 0 aromatic heterocycles. The van der Waals surface area contributed by atoms with Crippen LogP contribution in [0.3, 0.4) is 0 Å². The van der Waals surface area contributed by atoms with E-state index in [1.807, 2.05) is 0 Å². The van der Waals surface area contributed by atoms with Gasteiger partial charge in [0.1, 0.15) is 0 Å².